The molecule has 4 heterocycles. The lowest BCUT2D eigenvalue weighted by Crippen LogP contribution is -2.52. The number of pyridine rings is 1. The zero-order chi connectivity index (χ0) is 21.1. The molecule has 2 N–H and O–H groups in total. The van der Waals surface area contributed by atoms with Gasteiger partial charge in [0.1, 0.15) is 17.3 Å². The third-order valence-electron chi connectivity index (χ3n) is 5.25. The summed E-state index contributed by atoms with van der Waals surface area (Å²) in [6, 6.07) is 3.71. The molecular formula is C18H24N6O4S2. The Bertz CT molecular complexity index is 796. The summed E-state index contributed by atoms with van der Waals surface area (Å²) in [6.45, 7) is 4.19. The van der Waals surface area contributed by atoms with Gasteiger partial charge in [-0.3, -0.25) is 19.8 Å². The van der Waals surface area contributed by atoms with Crippen LogP contribution in [0.25, 0.3) is 0 Å². The summed E-state index contributed by atoms with van der Waals surface area (Å²) >= 11 is 5.31. The predicted octanol–water partition coefficient (Wildman–Crippen LogP) is 0.357. The van der Waals surface area contributed by atoms with E-state index in [1.165, 1.54) is 4.90 Å². The van der Waals surface area contributed by atoms with Crippen LogP contribution in [-0.2, 0) is 9.53 Å². The molecule has 0 aromatic carbocycles. The Labute approximate surface area is 184 Å². The molecular weight excluding hydrogens is 428 g/mol. The Morgan fingerprint density at radius 3 is 2.73 bits per heavy atom. The summed E-state index contributed by atoms with van der Waals surface area (Å²) in [5, 5.41) is 5.18. The van der Waals surface area contributed by atoms with Crippen LogP contribution in [0.4, 0.5) is 21.1 Å². The van der Waals surface area contributed by atoms with Crippen LogP contribution in [0.3, 0.4) is 0 Å². The first-order chi connectivity index (χ1) is 14.5. The number of piperazine rings is 1. The zero-order valence-electron chi connectivity index (χ0n) is 16.3. The summed E-state index contributed by atoms with van der Waals surface area (Å²) < 4.78 is 5.26. The monoisotopic (exact) mass is 452 g/mol. The Hall–Kier alpha value is -2.18. The molecule has 162 valence electrons. The molecule has 3 fully saturated rings. The van der Waals surface area contributed by atoms with Crippen molar-refractivity contribution in [3.05, 3.63) is 18.3 Å². The number of amides is 3. The van der Waals surface area contributed by atoms with E-state index in [1.807, 2.05) is 17.0 Å². The van der Waals surface area contributed by atoms with E-state index in [0.29, 0.717) is 38.4 Å². The Kier molecular flexibility index (Phi) is 6.54. The smallest absolute Gasteiger partial charge is 0.414 e. The number of hydrogen-bond donors (Lipinski definition) is 3. The third kappa shape index (κ3) is 4.76. The van der Waals surface area contributed by atoms with Crippen LogP contribution in [0.5, 0.6) is 0 Å². The molecule has 4 rings (SSSR count). The van der Waals surface area contributed by atoms with Crippen molar-refractivity contribution < 1.29 is 19.1 Å². The van der Waals surface area contributed by atoms with Gasteiger partial charge in [0.05, 0.1) is 25.0 Å². The Morgan fingerprint density at radius 2 is 2.10 bits per heavy atom. The number of carbonyl (C=O) groups excluding carboxylic acids is 3. The molecule has 3 aliphatic rings. The van der Waals surface area contributed by atoms with E-state index in [0.717, 1.165) is 18.1 Å². The highest BCUT2D eigenvalue weighted by molar-refractivity contribution is 8.00. The lowest BCUT2D eigenvalue weighted by atomic mass is 10.2. The van der Waals surface area contributed by atoms with Gasteiger partial charge in [-0.25, -0.2) is 9.78 Å². The fraction of sp³-hybridized carbons (Fsp3) is 0.556. The molecule has 12 heteroatoms. The number of ether oxygens (including phenoxy) is 1. The van der Waals surface area contributed by atoms with Gasteiger partial charge >= 0.3 is 6.09 Å². The van der Waals surface area contributed by atoms with Crippen LogP contribution >= 0.6 is 24.4 Å². The van der Waals surface area contributed by atoms with Gasteiger partial charge in [-0.1, -0.05) is 12.6 Å². The van der Waals surface area contributed by atoms with E-state index in [-0.39, 0.29) is 17.8 Å². The van der Waals surface area contributed by atoms with Gasteiger partial charge in [0, 0.05) is 38.5 Å². The molecule has 0 radical (unpaired) electrons. The molecule has 0 bridgehead atoms. The second-order valence-electron chi connectivity index (χ2n) is 7.19. The van der Waals surface area contributed by atoms with Crippen LogP contribution < -0.4 is 20.4 Å². The fourth-order valence-corrected chi connectivity index (χ4v) is 4.76. The lowest BCUT2D eigenvalue weighted by Gasteiger charge is -2.36. The molecule has 2 atom stereocenters. The minimum atomic E-state index is -0.464. The summed E-state index contributed by atoms with van der Waals surface area (Å²) in [7, 11) is 0. The number of thioether (sulfide) groups is 1. The van der Waals surface area contributed by atoms with Gasteiger partial charge in [-0.05, 0) is 12.1 Å². The highest BCUT2D eigenvalue weighted by Gasteiger charge is 2.33. The topological polar surface area (TPSA) is 107 Å². The van der Waals surface area contributed by atoms with Gasteiger partial charge in [0.25, 0.3) is 5.24 Å². The number of thiol groups is 1. The molecule has 3 saturated heterocycles. The van der Waals surface area contributed by atoms with Gasteiger partial charge in [0.15, 0.2) is 0 Å². The highest BCUT2D eigenvalue weighted by Crippen LogP contribution is 2.24. The maximum Gasteiger partial charge on any atom is 0.414 e. The molecule has 30 heavy (non-hydrogen) atoms. The number of hydrogen-bond acceptors (Lipinski definition) is 8. The highest BCUT2D eigenvalue weighted by atomic mass is 32.2. The summed E-state index contributed by atoms with van der Waals surface area (Å²) in [6.07, 6.45) is 0.757. The van der Waals surface area contributed by atoms with Crippen molar-refractivity contribution in [1.29, 1.82) is 0 Å². The number of aromatic nitrogens is 1. The van der Waals surface area contributed by atoms with Crippen molar-refractivity contribution in [3.8, 4) is 0 Å². The Morgan fingerprint density at radius 1 is 1.30 bits per heavy atom. The van der Waals surface area contributed by atoms with Crippen molar-refractivity contribution in [2.75, 3.05) is 61.4 Å². The molecule has 10 nitrogen and oxygen atoms in total. The SMILES string of the molecule is O=C(S)NCC1CN(c2ccc(N3CCN(C(=O)C4NCCS4)CC3)nc2)C(=O)O1. The van der Waals surface area contributed by atoms with Crippen molar-refractivity contribution in [2.45, 2.75) is 11.5 Å². The predicted molar refractivity (Wildman–Crippen MR) is 117 cm³/mol. The molecule has 3 amide bonds. The van der Waals surface area contributed by atoms with Crippen molar-refractivity contribution in [3.63, 3.8) is 0 Å². The van der Waals surface area contributed by atoms with Crippen LogP contribution in [0, 0.1) is 0 Å². The van der Waals surface area contributed by atoms with Gasteiger partial charge < -0.3 is 19.9 Å². The van der Waals surface area contributed by atoms with E-state index in [2.05, 4.69) is 33.1 Å². The zero-order valence-corrected chi connectivity index (χ0v) is 18.0. The summed E-state index contributed by atoms with van der Waals surface area (Å²) in [5.74, 6) is 1.95. The largest absolute Gasteiger partial charge is 0.442 e. The van der Waals surface area contributed by atoms with Crippen LogP contribution in [-0.4, -0.2) is 90.2 Å². The van der Waals surface area contributed by atoms with Gasteiger partial charge in [-0.2, -0.15) is 0 Å². The van der Waals surface area contributed by atoms with E-state index in [4.69, 9.17) is 4.74 Å². The van der Waals surface area contributed by atoms with E-state index in [1.54, 1.807) is 18.0 Å². The molecule has 3 aliphatic heterocycles. The van der Waals surface area contributed by atoms with Gasteiger partial charge in [0.2, 0.25) is 5.91 Å². The number of rotatable bonds is 5. The van der Waals surface area contributed by atoms with E-state index >= 15 is 0 Å². The van der Waals surface area contributed by atoms with Crippen LogP contribution in [0.2, 0.25) is 0 Å². The lowest BCUT2D eigenvalue weighted by molar-refractivity contribution is -0.131. The average Bonchev–Trinajstić information content (AvgIpc) is 3.42. The second-order valence-corrected chi connectivity index (χ2v) is 8.81. The fourth-order valence-electron chi connectivity index (χ4n) is 3.67. The Balaban J connectivity index is 1.30. The number of nitrogens with zero attached hydrogens (tertiary/aromatic N) is 4. The van der Waals surface area contributed by atoms with Gasteiger partial charge in [-0.15, -0.1) is 11.8 Å². The van der Waals surface area contributed by atoms with Crippen molar-refractivity contribution in [2.24, 2.45) is 0 Å². The standard InChI is InChI=1S/C18H24N6O4S2/c25-16(15-19-3-8-30-15)23-6-4-22(5-7-23)14-2-1-12(9-20-14)24-11-13(28-18(24)27)10-21-17(26)29/h1-2,9,13,15,19H,3-8,10-11H2,(H2,21,26,29). The van der Waals surface area contributed by atoms with Crippen molar-refractivity contribution >= 4 is 53.1 Å². The molecule has 0 saturated carbocycles. The third-order valence-corrected chi connectivity index (χ3v) is 6.55. The molecule has 0 spiro atoms. The normalized spacial score (nSPS) is 24.2. The summed E-state index contributed by atoms with van der Waals surface area (Å²) in [4.78, 5) is 45.6. The van der Waals surface area contributed by atoms with E-state index < -0.39 is 17.4 Å². The first-order valence-electron chi connectivity index (χ1n) is 9.81. The number of anilines is 2. The molecule has 1 aromatic rings. The van der Waals surface area contributed by atoms with Crippen LogP contribution in [0.1, 0.15) is 0 Å². The minimum Gasteiger partial charge on any atom is -0.442 e. The number of nitrogens with one attached hydrogen (secondary N) is 2. The maximum absolute atomic E-state index is 12.5. The first kappa shape index (κ1) is 21.1. The average molecular weight is 453 g/mol. The molecule has 1 aromatic heterocycles. The van der Waals surface area contributed by atoms with E-state index in [9.17, 15) is 14.4 Å². The second kappa shape index (κ2) is 9.31. The number of cyclic esters (lactones) is 1. The summed E-state index contributed by atoms with van der Waals surface area (Å²) in [5.41, 5.74) is 0.640. The first-order valence-corrected chi connectivity index (χ1v) is 11.3. The van der Waals surface area contributed by atoms with Crippen molar-refractivity contribution in [1.82, 2.24) is 20.5 Å². The minimum absolute atomic E-state index is 0.112. The maximum atomic E-state index is 12.5. The molecule has 2 unspecified atom stereocenters. The number of carbonyl (C=O) groups is 3. The van der Waals surface area contributed by atoms with Crippen LogP contribution in [0.15, 0.2) is 18.3 Å². The quantitative estimate of drug-likeness (QED) is 0.550. The molecule has 0 aliphatic carbocycles.